The number of nitrogens with one attached hydrogen (secondary N) is 1. The first-order valence-electron chi connectivity index (χ1n) is 8.56. The van der Waals surface area contributed by atoms with E-state index in [1.165, 1.54) is 25.7 Å². The molecule has 0 aromatic rings. The summed E-state index contributed by atoms with van der Waals surface area (Å²) < 4.78 is 0. The van der Waals surface area contributed by atoms with Gasteiger partial charge in [0.05, 0.1) is 6.61 Å². The second kappa shape index (κ2) is 8.35. The first kappa shape index (κ1) is 17.9. The Hall–Kier alpha value is -0.120. The Bertz CT molecular complexity index is 262. The fraction of sp³-hybridized carbons (Fsp3) is 1.00. The zero-order chi connectivity index (χ0) is 15.2. The second-order valence-corrected chi connectivity index (χ2v) is 7.25. The topological polar surface area (TPSA) is 35.5 Å². The van der Waals surface area contributed by atoms with Crippen LogP contribution in [0.15, 0.2) is 0 Å². The van der Waals surface area contributed by atoms with Gasteiger partial charge in [-0.25, -0.2) is 0 Å². The highest BCUT2D eigenvalue weighted by Crippen LogP contribution is 2.24. The van der Waals surface area contributed by atoms with Crippen molar-refractivity contribution < 1.29 is 5.11 Å². The summed E-state index contributed by atoms with van der Waals surface area (Å²) in [5, 5.41) is 13.4. The van der Waals surface area contributed by atoms with Crippen molar-refractivity contribution in [3.63, 3.8) is 0 Å². The van der Waals surface area contributed by atoms with Gasteiger partial charge in [-0.2, -0.15) is 0 Å². The standard InChI is InChI=1S/C17H36N2O/c1-6-16(7-2)19(12-14(3)4)11-10-17(5,13-20)18-15-8-9-15/h14-16,18,20H,6-13H2,1-5H3. The Morgan fingerprint density at radius 2 is 1.85 bits per heavy atom. The van der Waals surface area contributed by atoms with Crippen LogP contribution in [0.25, 0.3) is 0 Å². The molecule has 1 atom stereocenters. The van der Waals surface area contributed by atoms with Gasteiger partial charge in [0.1, 0.15) is 0 Å². The average Bonchev–Trinajstić information content (AvgIpc) is 3.20. The van der Waals surface area contributed by atoms with Crippen LogP contribution >= 0.6 is 0 Å². The molecule has 0 bridgehead atoms. The summed E-state index contributed by atoms with van der Waals surface area (Å²) >= 11 is 0. The van der Waals surface area contributed by atoms with Crippen molar-refractivity contribution in [2.24, 2.45) is 5.92 Å². The number of nitrogens with zero attached hydrogens (tertiary/aromatic N) is 1. The van der Waals surface area contributed by atoms with Crippen LogP contribution in [0.1, 0.15) is 66.7 Å². The van der Waals surface area contributed by atoms with E-state index in [0.717, 1.165) is 19.5 Å². The number of rotatable bonds is 11. The fourth-order valence-corrected chi connectivity index (χ4v) is 3.00. The van der Waals surface area contributed by atoms with Crippen LogP contribution in [-0.4, -0.2) is 47.3 Å². The highest BCUT2D eigenvalue weighted by molar-refractivity contribution is 4.93. The molecule has 1 rings (SSSR count). The van der Waals surface area contributed by atoms with Crippen molar-refractivity contribution in [2.75, 3.05) is 19.7 Å². The van der Waals surface area contributed by atoms with Crippen molar-refractivity contribution >= 4 is 0 Å². The molecule has 1 fully saturated rings. The van der Waals surface area contributed by atoms with Crippen LogP contribution in [0.5, 0.6) is 0 Å². The molecule has 3 nitrogen and oxygen atoms in total. The molecule has 20 heavy (non-hydrogen) atoms. The molecule has 1 saturated carbocycles. The van der Waals surface area contributed by atoms with Gasteiger partial charge < -0.3 is 15.3 Å². The second-order valence-electron chi connectivity index (χ2n) is 7.25. The smallest absolute Gasteiger partial charge is 0.0611 e. The lowest BCUT2D eigenvalue weighted by atomic mass is 9.97. The summed E-state index contributed by atoms with van der Waals surface area (Å²) in [6.45, 7) is 13.8. The van der Waals surface area contributed by atoms with Gasteiger partial charge in [-0.3, -0.25) is 0 Å². The van der Waals surface area contributed by atoms with Gasteiger partial charge in [-0.1, -0.05) is 27.7 Å². The quantitative estimate of drug-likeness (QED) is 0.612. The van der Waals surface area contributed by atoms with E-state index in [-0.39, 0.29) is 12.1 Å². The Balaban J connectivity index is 2.53. The van der Waals surface area contributed by atoms with Gasteiger partial charge in [0.15, 0.2) is 0 Å². The molecular formula is C17H36N2O. The molecule has 1 aliphatic carbocycles. The predicted molar refractivity (Wildman–Crippen MR) is 87.0 cm³/mol. The van der Waals surface area contributed by atoms with Crippen molar-refractivity contribution in [1.29, 1.82) is 0 Å². The molecule has 1 aliphatic rings. The number of aliphatic hydroxyl groups is 1. The number of hydrogen-bond donors (Lipinski definition) is 2. The van der Waals surface area contributed by atoms with E-state index in [1.807, 2.05) is 0 Å². The Labute approximate surface area is 126 Å². The minimum atomic E-state index is -0.109. The molecule has 0 heterocycles. The summed E-state index contributed by atoms with van der Waals surface area (Å²) in [6, 6.07) is 1.33. The summed E-state index contributed by atoms with van der Waals surface area (Å²) in [5.74, 6) is 0.701. The molecule has 1 unspecified atom stereocenters. The Kier molecular flexibility index (Phi) is 7.49. The van der Waals surface area contributed by atoms with Gasteiger partial charge in [-0.15, -0.1) is 0 Å². The van der Waals surface area contributed by atoms with Crippen molar-refractivity contribution in [3.8, 4) is 0 Å². The maximum Gasteiger partial charge on any atom is 0.0611 e. The molecule has 120 valence electrons. The van der Waals surface area contributed by atoms with E-state index in [4.69, 9.17) is 0 Å². The van der Waals surface area contributed by atoms with Gasteiger partial charge in [0.25, 0.3) is 0 Å². The number of hydrogen-bond acceptors (Lipinski definition) is 3. The fourth-order valence-electron chi connectivity index (χ4n) is 3.00. The van der Waals surface area contributed by atoms with E-state index < -0.39 is 0 Å². The summed E-state index contributed by atoms with van der Waals surface area (Å²) in [5.41, 5.74) is -0.109. The molecule has 0 aromatic heterocycles. The van der Waals surface area contributed by atoms with Crippen LogP contribution in [0, 0.1) is 5.92 Å². The molecule has 2 N–H and O–H groups in total. The van der Waals surface area contributed by atoms with E-state index in [2.05, 4.69) is 44.8 Å². The maximum absolute atomic E-state index is 9.73. The third-order valence-electron chi connectivity index (χ3n) is 4.49. The van der Waals surface area contributed by atoms with Crippen molar-refractivity contribution in [3.05, 3.63) is 0 Å². The van der Waals surface area contributed by atoms with Crippen LogP contribution < -0.4 is 5.32 Å². The highest BCUT2D eigenvalue weighted by atomic mass is 16.3. The normalized spacial score (nSPS) is 19.1. The third kappa shape index (κ3) is 6.11. The molecular weight excluding hydrogens is 248 g/mol. The molecule has 0 saturated heterocycles. The van der Waals surface area contributed by atoms with Crippen LogP contribution in [-0.2, 0) is 0 Å². The Morgan fingerprint density at radius 1 is 1.25 bits per heavy atom. The maximum atomic E-state index is 9.73. The van der Waals surface area contributed by atoms with Crippen LogP contribution in [0.3, 0.4) is 0 Å². The van der Waals surface area contributed by atoms with E-state index >= 15 is 0 Å². The van der Waals surface area contributed by atoms with Gasteiger partial charge >= 0.3 is 0 Å². The molecule has 3 heteroatoms. The number of aliphatic hydroxyl groups excluding tert-OH is 1. The SMILES string of the molecule is CCC(CC)N(CCC(C)(CO)NC1CC1)CC(C)C. The minimum Gasteiger partial charge on any atom is -0.394 e. The van der Waals surface area contributed by atoms with Crippen molar-refractivity contribution in [1.82, 2.24) is 10.2 Å². The molecule has 0 aliphatic heterocycles. The minimum absolute atomic E-state index is 0.109. The van der Waals surface area contributed by atoms with Crippen LogP contribution in [0.2, 0.25) is 0 Å². The van der Waals surface area contributed by atoms with Gasteiger partial charge in [0.2, 0.25) is 0 Å². The monoisotopic (exact) mass is 284 g/mol. The van der Waals surface area contributed by atoms with Crippen LogP contribution in [0.4, 0.5) is 0 Å². The largest absolute Gasteiger partial charge is 0.394 e. The zero-order valence-electron chi connectivity index (χ0n) is 14.3. The summed E-state index contributed by atoms with van der Waals surface area (Å²) in [7, 11) is 0. The highest BCUT2D eigenvalue weighted by Gasteiger charge is 2.32. The van der Waals surface area contributed by atoms with Crippen molar-refractivity contribution in [2.45, 2.75) is 84.3 Å². The summed E-state index contributed by atoms with van der Waals surface area (Å²) in [6.07, 6.45) is 6.02. The average molecular weight is 284 g/mol. The first-order valence-corrected chi connectivity index (χ1v) is 8.56. The lowest BCUT2D eigenvalue weighted by Crippen LogP contribution is -2.50. The lowest BCUT2D eigenvalue weighted by molar-refractivity contribution is 0.115. The van der Waals surface area contributed by atoms with E-state index in [9.17, 15) is 5.11 Å². The molecule has 0 spiro atoms. The zero-order valence-corrected chi connectivity index (χ0v) is 14.3. The third-order valence-corrected chi connectivity index (χ3v) is 4.49. The summed E-state index contributed by atoms with van der Waals surface area (Å²) in [4.78, 5) is 2.63. The Morgan fingerprint density at radius 3 is 2.25 bits per heavy atom. The van der Waals surface area contributed by atoms with Gasteiger partial charge in [0, 0.05) is 30.7 Å². The van der Waals surface area contributed by atoms with Gasteiger partial charge in [-0.05, 0) is 44.9 Å². The predicted octanol–water partition coefficient (Wildman–Crippen LogP) is 3.03. The lowest BCUT2D eigenvalue weighted by Gasteiger charge is -2.36. The van der Waals surface area contributed by atoms with E-state index in [0.29, 0.717) is 18.0 Å². The molecule has 0 amide bonds. The molecule has 0 radical (unpaired) electrons. The first-order chi connectivity index (χ1) is 9.44. The molecule has 0 aromatic carbocycles. The van der Waals surface area contributed by atoms with E-state index in [1.54, 1.807) is 0 Å².